The van der Waals surface area contributed by atoms with Gasteiger partial charge in [-0.05, 0) is 5.56 Å². The van der Waals surface area contributed by atoms with E-state index < -0.39 is 0 Å². The lowest BCUT2D eigenvalue weighted by Gasteiger charge is -2.28. The van der Waals surface area contributed by atoms with Gasteiger partial charge in [0.25, 0.3) is 0 Å². The molecular formula is C12H14N2O2. The molecule has 1 aromatic rings. The molecule has 1 aromatic carbocycles. The lowest BCUT2D eigenvalue weighted by Crippen LogP contribution is -2.47. The largest absolute Gasteiger partial charge is 0.327 e. The Hall–Kier alpha value is -1.68. The second-order valence-electron chi connectivity index (χ2n) is 4.03. The predicted molar refractivity (Wildman–Crippen MR) is 59.2 cm³/mol. The fourth-order valence-corrected chi connectivity index (χ4v) is 1.82. The third-order valence-corrected chi connectivity index (χ3v) is 2.66. The first-order valence-electron chi connectivity index (χ1n) is 5.29. The number of nitrogens with two attached hydrogens (primary N) is 1. The Morgan fingerprint density at radius 2 is 1.69 bits per heavy atom. The van der Waals surface area contributed by atoms with Crippen LogP contribution in [-0.2, 0) is 16.1 Å². The minimum atomic E-state index is -0.313. The lowest BCUT2D eigenvalue weighted by atomic mass is 10.0. The summed E-state index contributed by atoms with van der Waals surface area (Å²) in [7, 11) is 0. The minimum Gasteiger partial charge on any atom is -0.327 e. The summed E-state index contributed by atoms with van der Waals surface area (Å²) in [5.74, 6) is -0.347. The van der Waals surface area contributed by atoms with Gasteiger partial charge in [0.15, 0.2) is 0 Å². The highest BCUT2D eigenvalue weighted by molar-refractivity contribution is 5.98. The Labute approximate surface area is 94.0 Å². The summed E-state index contributed by atoms with van der Waals surface area (Å²) >= 11 is 0. The molecule has 4 nitrogen and oxygen atoms in total. The number of nitrogens with zero attached hydrogens (tertiary/aromatic N) is 1. The zero-order valence-corrected chi connectivity index (χ0v) is 8.93. The van der Waals surface area contributed by atoms with Crippen LogP contribution in [0.1, 0.15) is 18.4 Å². The van der Waals surface area contributed by atoms with Crippen LogP contribution in [0.4, 0.5) is 0 Å². The average Bonchev–Trinajstić information content (AvgIpc) is 2.25. The van der Waals surface area contributed by atoms with Crippen LogP contribution in [0.15, 0.2) is 30.3 Å². The van der Waals surface area contributed by atoms with E-state index in [1.165, 1.54) is 4.90 Å². The molecule has 0 aliphatic carbocycles. The van der Waals surface area contributed by atoms with Crippen molar-refractivity contribution in [1.82, 2.24) is 4.90 Å². The number of likely N-dealkylation sites (tertiary alicyclic amines) is 1. The van der Waals surface area contributed by atoms with E-state index in [2.05, 4.69) is 0 Å². The maximum absolute atomic E-state index is 11.6. The van der Waals surface area contributed by atoms with Crippen molar-refractivity contribution in [2.45, 2.75) is 25.4 Å². The van der Waals surface area contributed by atoms with Gasteiger partial charge in [-0.3, -0.25) is 14.5 Å². The molecule has 1 aliphatic rings. The van der Waals surface area contributed by atoms with E-state index in [9.17, 15) is 9.59 Å². The normalized spacial score (nSPS) is 17.9. The van der Waals surface area contributed by atoms with Crippen LogP contribution in [0, 0.1) is 0 Å². The van der Waals surface area contributed by atoms with E-state index in [0.29, 0.717) is 6.54 Å². The fraction of sp³-hybridized carbons (Fsp3) is 0.333. The van der Waals surface area contributed by atoms with Crippen LogP contribution in [0.3, 0.4) is 0 Å². The van der Waals surface area contributed by atoms with Gasteiger partial charge in [0.1, 0.15) is 0 Å². The molecule has 0 atom stereocenters. The summed E-state index contributed by atoms with van der Waals surface area (Å²) in [6, 6.07) is 9.16. The van der Waals surface area contributed by atoms with Gasteiger partial charge in [0.2, 0.25) is 11.8 Å². The summed E-state index contributed by atoms with van der Waals surface area (Å²) in [6.07, 6.45) is 0.525. The molecule has 0 unspecified atom stereocenters. The summed E-state index contributed by atoms with van der Waals surface area (Å²) in [4.78, 5) is 24.6. The highest BCUT2D eigenvalue weighted by Gasteiger charge is 2.30. The van der Waals surface area contributed by atoms with Gasteiger partial charge in [0, 0.05) is 18.9 Å². The van der Waals surface area contributed by atoms with Crippen LogP contribution in [-0.4, -0.2) is 22.8 Å². The summed E-state index contributed by atoms with van der Waals surface area (Å²) in [5.41, 5.74) is 6.56. The summed E-state index contributed by atoms with van der Waals surface area (Å²) < 4.78 is 0. The number of hydrogen-bond donors (Lipinski definition) is 1. The van der Waals surface area contributed by atoms with Crippen molar-refractivity contribution in [3.8, 4) is 0 Å². The molecule has 0 radical (unpaired) electrons. The second kappa shape index (κ2) is 4.45. The van der Waals surface area contributed by atoms with E-state index in [-0.39, 0.29) is 30.7 Å². The predicted octanol–water partition coefficient (Wildman–Crippen LogP) is 0.663. The number of amides is 2. The van der Waals surface area contributed by atoms with Crippen molar-refractivity contribution >= 4 is 11.8 Å². The number of carbonyl (C=O) groups is 2. The van der Waals surface area contributed by atoms with E-state index in [0.717, 1.165) is 5.56 Å². The molecule has 1 saturated heterocycles. The van der Waals surface area contributed by atoms with Gasteiger partial charge >= 0.3 is 0 Å². The van der Waals surface area contributed by atoms with Gasteiger partial charge in [-0.15, -0.1) is 0 Å². The van der Waals surface area contributed by atoms with Crippen LogP contribution in [0.2, 0.25) is 0 Å². The SMILES string of the molecule is NC1CC(=O)N(Cc2ccccc2)C(=O)C1. The molecular weight excluding hydrogens is 204 g/mol. The molecule has 84 valence electrons. The Kier molecular flexibility index (Phi) is 3.01. The first-order chi connectivity index (χ1) is 7.66. The van der Waals surface area contributed by atoms with E-state index >= 15 is 0 Å². The van der Waals surface area contributed by atoms with Crippen molar-refractivity contribution in [2.24, 2.45) is 5.73 Å². The van der Waals surface area contributed by atoms with E-state index in [4.69, 9.17) is 5.73 Å². The monoisotopic (exact) mass is 218 g/mol. The highest BCUT2D eigenvalue weighted by atomic mass is 16.2. The van der Waals surface area contributed by atoms with Gasteiger partial charge in [-0.25, -0.2) is 0 Å². The zero-order chi connectivity index (χ0) is 11.5. The third kappa shape index (κ3) is 2.28. The molecule has 1 aliphatic heterocycles. The molecule has 0 aromatic heterocycles. The maximum atomic E-state index is 11.6. The zero-order valence-electron chi connectivity index (χ0n) is 8.93. The molecule has 16 heavy (non-hydrogen) atoms. The molecule has 2 N–H and O–H groups in total. The molecule has 0 bridgehead atoms. The van der Waals surface area contributed by atoms with Gasteiger partial charge < -0.3 is 5.73 Å². The van der Waals surface area contributed by atoms with E-state index in [1.807, 2.05) is 30.3 Å². The van der Waals surface area contributed by atoms with Gasteiger partial charge in [0.05, 0.1) is 6.54 Å². The van der Waals surface area contributed by atoms with Crippen LogP contribution < -0.4 is 5.73 Å². The first-order valence-corrected chi connectivity index (χ1v) is 5.29. The summed E-state index contributed by atoms with van der Waals surface area (Å²) in [5, 5.41) is 0. The number of hydrogen-bond acceptors (Lipinski definition) is 3. The number of carbonyl (C=O) groups excluding carboxylic acids is 2. The van der Waals surface area contributed by atoms with Crippen LogP contribution in [0.5, 0.6) is 0 Å². The van der Waals surface area contributed by atoms with Crippen LogP contribution >= 0.6 is 0 Å². The molecule has 1 heterocycles. The molecule has 0 saturated carbocycles. The number of piperidine rings is 1. The minimum absolute atomic E-state index is 0.174. The standard InChI is InChI=1S/C12H14N2O2/c13-10-6-11(15)14(12(16)7-10)8-9-4-2-1-3-5-9/h1-5,10H,6-8,13H2. The molecule has 0 spiro atoms. The third-order valence-electron chi connectivity index (χ3n) is 2.66. The highest BCUT2D eigenvalue weighted by Crippen LogP contribution is 2.15. The first kappa shape index (κ1) is 10.8. The topological polar surface area (TPSA) is 63.4 Å². The summed E-state index contributed by atoms with van der Waals surface area (Å²) in [6.45, 7) is 0.352. The number of benzene rings is 1. The Morgan fingerprint density at radius 1 is 1.12 bits per heavy atom. The van der Waals surface area contributed by atoms with Gasteiger partial charge in [-0.2, -0.15) is 0 Å². The van der Waals surface area contributed by atoms with E-state index in [1.54, 1.807) is 0 Å². The Balaban J connectivity index is 2.10. The van der Waals surface area contributed by atoms with Crippen molar-refractivity contribution in [2.75, 3.05) is 0 Å². The molecule has 4 heteroatoms. The van der Waals surface area contributed by atoms with Crippen molar-refractivity contribution in [1.29, 1.82) is 0 Å². The number of imide groups is 1. The van der Waals surface area contributed by atoms with Gasteiger partial charge in [-0.1, -0.05) is 30.3 Å². The molecule has 1 fully saturated rings. The quantitative estimate of drug-likeness (QED) is 0.742. The maximum Gasteiger partial charge on any atom is 0.231 e. The lowest BCUT2D eigenvalue weighted by molar-refractivity contribution is -0.149. The fourth-order valence-electron chi connectivity index (χ4n) is 1.82. The van der Waals surface area contributed by atoms with Crippen LogP contribution in [0.25, 0.3) is 0 Å². The van der Waals surface area contributed by atoms with Crippen molar-refractivity contribution in [3.05, 3.63) is 35.9 Å². The Morgan fingerprint density at radius 3 is 2.25 bits per heavy atom. The molecule has 2 rings (SSSR count). The van der Waals surface area contributed by atoms with Crippen molar-refractivity contribution in [3.63, 3.8) is 0 Å². The smallest absolute Gasteiger partial charge is 0.231 e. The molecule has 2 amide bonds. The Bertz CT molecular complexity index is 385. The number of rotatable bonds is 2. The second-order valence-corrected chi connectivity index (χ2v) is 4.03. The average molecular weight is 218 g/mol. The van der Waals surface area contributed by atoms with Crippen molar-refractivity contribution < 1.29 is 9.59 Å².